The van der Waals surface area contributed by atoms with Crippen LogP contribution < -0.4 is 25.4 Å². The zero-order valence-electron chi connectivity index (χ0n) is 26.5. The number of anilines is 2. The van der Waals surface area contributed by atoms with Crippen molar-refractivity contribution in [2.45, 2.75) is 17.1 Å². The average molecular weight is 658 g/mol. The van der Waals surface area contributed by atoms with Gasteiger partial charge in [0.05, 0.1) is 13.7 Å². The zero-order chi connectivity index (χ0) is 33.7. The van der Waals surface area contributed by atoms with E-state index in [0.717, 1.165) is 10.5 Å². The maximum atomic E-state index is 13.6. The summed E-state index contributed by atoms with van der Waals surface area (Å²) < 4.78 is 11.0. The average Bonchev–Trinajstić information content (AvgIpc) is 3.12. The van der Waals surface area contributed by atoms with Gasteiger partial charge < -0.3 is 25.4 Å². The lowest BCUT2D eigenvalue weighted by Gasteiger charge is -2.18. The van der Waals surface area contributed by atoms with Gasteiger partial charge in [-0.1, -0.05) is 66.7 Å². The van der Waals surface area contributed by atoms with Crippen LogP contribution in [-0.2, 0) is 9.59 Å². The number of ether oxygens (including phenoxy) is 2. The third-order valence-electron chi connectivity index (χ3n) is 7.11. The van der Waals surface area contributed by atoms with Gasteiger partial charge in [0.15, 0.2) is 0 Å². The molecular formula is C39H35N3O5S. The molecule has 0 radical (unpaired) electrons. The summed E-state index contributed by atoms with van der Waals surface area (Å²) in [6, 6.07) is 39.9. The van der Waals surface area contributed by atoms with Gasteiger partial charge in [-0.25, -0.2) is 0 Å². The molecule has 0 spiro atoms. The van der Waals surface area contributed by atoms with Crippen molar-refractivity contribution in [1.82, 2.24) is 5.32 Å². The Hall–Kier alpha value is -5.80. The van der Waals surface area contributed by atoms with E-state index in [1.54, 1.807) is 79.9 Å². The predicted octanol–water partition coefficient (Wildman–Crippen LogP) is 7.98. The molecule has 0 saturated heterocycles. The van der Waals surface area contributed by atoms with Crippen LogP contribution in [0.4, 0.5) is 11.4 Å². The summed E-state index contributed by atoms with van der Waals surface area (Å²) in [5.74, 6) is 0.185. The fourth-order valence-corrected chi connectivity index (χ4v) is 5.74. The minimum Gasteiger partial charge on any atom is -0.497 e. The van der Waals surface area contributed by atoms with Crippen molar-refractivity contribution in [1.29, 1.82) is 0 Å². The number of thioether (sulfide) groups is 1. The molecule has 1 unspecified atom stereocenters. The lowest BCUT2D eigenvalue weighted by molar-refractivity contribution is -0.116. The van der Waals surface area contributed by atoms with Gasteiger partial charge in [-0.2, -0.15) is 0 Å². The Morgan fingerprint density at radius 1 is 0.729 bits per heavy atom. The van der Waals surface area contributed by atoms with Crippen LogP contribution in [0.5, 0.6) is 11.5 Å². The van der Waals surface area contributed by atoms with E-state index < -0.39 is 17.1 Å². The number of rotatable bonds is 13. The van der Waals surface area contributed by atoms with Gasteiger partial charge in [0.1, 0.15) is 22.4 Å². The molecule has 242 valence electrons. The van der Waals surface area contributed by atoms with Crippen molar-refractivity contribution in [3.63, 3.8) is 0 Å². The van der Waals surface area contributed by atoms with E-state index in [4.69, 9.17) is 9.47 Å². The van der Waals surface area contributed by atoms with E-state index in [1.165, 1.54) is 11.8 Å². The second-order valence-electron chi connectivity index (χ2n) is 10.5. The van der Waals surface area contributed by atoms with Crippen LogP contribution in [0.1, 0.15) is 33.7 Å². The highest BCUT2D eigenvalue weighted by Crippen LogP contribution is 2.37. The molecule has 8 nitrogen and oxygen atoms in total. The van der Waals surface area contributed by atoms with Crippen LogP contribution in [0.25, 0.3) is 6.08 Å². The highest BCUT2D eigenvalue weighted by molar-refractivity contribution is 8.00. The Morgan fingerprint density at radius 3 is 2.00 bits per heavy atom. The molecule has 5 rings (SSSR count). The standard InChI is InChI=1S/C39H35N3O5S/c1-3-47-35-17-11-10-16-29(35)26-34(42-37(43)28-14-8-5-9-15-28)38(44)40-31-20-24-33(25-21-31)48-36(27-12-6-4-7-13-27)39(45)41-30-18-22-32(46-2)23-19-30/h4-26,36H,3H2,1-2H3,(H,40,44)(H,41,45)(H,42,43)/b34-26-. The summed E-state index contributed by atoms with van der Waals surface area (Å²) in [6.45, 7) is 2.32. The first-order valence-electron chi connectivity index (χ1n) is 15.3. The van der Waals surface area contributed by atoms with Crippen LogP contribution in [0, 0.1) is 0 Å². The Morgan fingerprint density at radius 2 is 1.33 bits per heavy atom. The van der Waals surface area contributed by atoms with Gasteiger partial charge >= 0.3 is 0 Å². The number of amides is 3. The fourth-order valence-electron chi connectivity index (χ4n) is 4.72. The van der Waals surface area contributed by atoms with Crippen molar-refractivity contribution >= 4 is 46.9 Å². The van der Waals surface area contributed by atoms with Gasteiger partial charge in [0.2, 0.25) is 5.91 Å². The van der Waals surface area contributed by atoms with E-state index in [-0.39, 0.29) is 11.6 Å². The monoisotopic (exact) mass is 657 g/mol. The second kappa shape index (κ2) is 16.7. The summed E-state index contributed by atoms with van der Waals surface area (Å²) >= 11 is 1.39. The molecule has 0 aliphatic rings. The number of carbonyl (C=O) groups is 3. The van der Waals surface area contributed by atoms with Crippen LogP contribution in [0.3, 0.4) is 0 Å². The molecule has 0 heterocycles. The molecule has 0 aromatic heterocycles. The number of hydrogen-bond donors (Lipinski definition) is 3. The smallest absolute Gasteiger partial charge is 0.272 e. The molecule has 0 bridgehead atoms. The molecule has 0 fully saturated rings. The van der Waals surface area contributed by atoms with Gasteiger partial charge in [-0.3, -0.25) is 14.4 Å². The quantitative estimate of drug-likeness (QED) is 0.0876. The van der Waals surface area contributed by atoms with E-state index in [1.807, 2.05) is 73.7 Å². The number of carbonyl (C=O) groups excluding carboxylic acids is 3. The minimum atomic E-state index is -0.540. The predicted molar refractivity (Wildman–Crippen MR) is 191 cm³/mol. The highest BCUT2D eigenvalue weighted by atomic mass is 32.2. The summed E-state index contributed by atoms with van der Waals surface area (Å²) in [7, 11) is 1.59. The largest absolute Gasteiger partial charge is 0.497 e. The van der Waals surface area contributed by atoms with Crippen LogP contribution in [0.2, 0.25) is 0 Å². The van der Waals surface area contributed by atoms with E-state index >= 15 is 0 Å². The number of nitrogens with one attached hydrogen (secondary N) is 3. The second-order valence-corrected chi connectivity index (χ2v) is 11.6. The van der Waals surface area contributed by atoms with Crippen molar-refractivity contribution in [3.8, 4) is 11.5 Å². The molecule has 0 aliphatic carbocycles. The first-order valence-corrected chi connectivity index (χ1v) is 16.2. The first-order chi connectivity index (χ1) is 23.4. The van der Waals surface area contributed by atoms with Gasteiger partial charge in [0.25, 0.3) is 11.8 Å². The molecule has 1 atom stereocenters. The Balaban J connectivity index is 1.34. The van der Waals surface area contributed by atoms with Gasteiger partial charge in [0, 0.05) is 27.4 Å². The van der Waals surface area contributed by atoms with E-state index in [0.29, 0.717) is 40.6 Å². The number of methoxy groups -OCH3 is 1. The molecule has 0 saturated carbocycles. The fraction of sp³-hybridized carbons (Fsp3) is 0.103. The van der Waals surface area contributed by atoms with E-state index in [9.17, 15) is 14.4 Å². The van der Waals surface area contributed by atoms with Crippen LogP contribution in [-0.4, -0.2) is 31.4 Å². The molecular weight excluding hydrogens is 623 g/mol. The van der Waals surface area contributed by atoms with Crippen molar-refractivity contribution in [3.05, 3.63) is 156 Å². The van der Waals surface area contributed by atoms with Crippen molar-refractivity contribution < 1.29 is 23.9 Å². The van der Waals surface area contributed by atoms with Crippen molar-refractivity contribution in [2.24, 2.45) is 0 Å². The number of para-hydroxylation sites is 1. The SMILES string of the molecule is CCOc1ccccc1/C=C(\NC(=O)c1ccccc1)C(=O)Nc1ccc(SC(C(=O)Nc2ccc(OC)cc2)c2ccccc2)cc1. The summed E-state index contributed by atoms with van der Waals surface area (Å²) in [6.07, 6.45) is 1.59. The Kier molecular flexibility index (Phi) is 11.7. The van der Waals surface area contributed by atoms with Gasteiger partial charge in [-0.15, -0.1) is 11.8 Å². The van der Waals surface area contributed by atoms with E-state index in [2.05, 4.69) is 16.0 Å². The molecule has 5 aromatic rings. The summed E-state index contributed by atoms with van der Waals surface area (Å²) in [4.78, 5) is 41.0. The third kappa shape index (κ3) is 9.14. The molecule has 0 aliphatic heterocycles. The zero-order valence-corrected chi connectivity index (χ0v) is 27.3. The summed E-state index contributed by atoms with van der Waals surface area (Å²) in [5.41, 5.74) is 3.13. The number of hydrogen-bond acceptors (Lipinski definition) is 6. The topological polar surface area (TPSA) is 106 Å². The maximum absolute atomic E-state index is 13.6. The maximum Gasteiger partial charge on any atom is 0.272 e. The Bertz CT molecular complexity index is 1860. The first kappa shape index (κ1) is 33.6. The minimum absolute atomic E-state index is 0.0498. The van der Waals surface area contributed by atoms with Gasteiger partial charge in [-0.05, 0) is 85.3 Å². The number of benzene rings is 5. The Labute approximate surface area is 284 Å². The molecule has 5 aromatic carbocycles. The lowest BCUT2D eigenvalue weighted by Crippen LogP contribution is -2.30. The van der Waals surface area contributed by atoms with Crippen LogP contribution >= 0.6 is 11.8 Å². The van der Waals surface area contributed by atoms with Crippen LogP contribution in [0.15, 0.2) is 144 Å². The molecule has 3 N–H and O–H groups in total. The highest BCUT2D eigenvalue weighted by Gasteiger charge is 2.23. The molecule has 9 heteroatoms. The summed E-state index contributed by atoms with van der Waals surface area (Å²) in [5, 5.41) is 8.11. The lowest BCUT2D eigenvalue weighted by atomic mass is 10.1. The normalized spacial score (nSPS) is 11.6. The van der Waals surface area contributed by atoms with Crippen molar-refractivity contribution in [2.75, 3.05) is 24.4 Å². The third-order valence-corrected chi connectivity index (χ3v) is 8.38. The molecule has 48 heavy (non-hydrogen) atoms. The molecule has 3 amide bonds.